The Balaban J connectivity index is 2.79. The van der Waals surface area contributed by atoms with Crippen molar-refractivity contribution in [2.75, 3.05) is 31.1 Å². The first kappa shape index (κ1) is 15.6. The van der Waals surface area contributed by atoms with Gasteiger partial charge >= 0.3 is 0 Å². The van der Waals surface area contributed by atoms with Gasteiger partial charge in [-0.3, -0.25) is 14.0 Å². The minimum atomic E-state index is -4.16. The average molecular weight is 299 g/mol. The van der Waals surface area contributed by atoms with Crippen molar-refractivity contribution in [2.24, 2.45) is 11.8 Å². The van der Waals surface area contributed by atoms with Gasteiger partial charge in [-0.1, -0.05) is 6.08 Å². The number of hydrogen-bond acceptors (Lipinski definition) is 5. The van der Waals surface area contributed by atoms with Crippen molar-refractivity contribution in [1.29, 1.82) is 0 Å². The summed E-state index contributed by atoms with van der Waals surface area (Å²) in [5.74, 6) is -2.02. The zero-order valence-electron chi connectivity index (χ0n) is 9.77. The molecule has 0 aromatic carbocycles. The van der Waals surface area contributed by atoms with Gasteiger partial charge in [0.05, 0.1) is 11.5 Å². The summed E-state index contributed by atoms with van der Waals surface area (Å²) in [5, 5.41) is 0. The molecule has 0 amide bonds. The van der Waals surface area contributed by atoms with E-state index in [1.54, 1.807) is 6.08 Å². The van der Waals surface area contributed by atoms with Gasteiger partial charge < -0.3 is 0 Å². The molecule has 2 N–H and O–H groups in total. The molecular weight excluding hydrogens is 282 g/mol. The van der Waals surface area contributed by atoms with Crippen molar-refractivity contribution in [1.82, 2.24) is 4.90 Å². The minimum Gasteiger partial charge on any atom is -0.299 e. The lowest BCUT2D eigenvalue weighted by atomic mass is 10.0. The van der Waals surface area contributed by atoms with Gasteiger partial charge in [-0.05, 0) is 11.8 Å². The maximum atomic E-state index is 10.9. The predicted octanol–water partition coefficient (Wildman–Crippen LogP) is -0.504. The van der Waals surface area contributed by atoms with Crippen LogP contribution in [0.5, 0.6) is 0 Å². The Morgan fingerprint density at radius 1 is 1.06 bits per heavy atom. The zero-order valence-corrected chi connectivity index (χ0v) is 11.4. The van der Waals surface area contributed by atoms with Gasteiger partial charge in [0.25, 0.3) is 20.2 Å². The van der Waals surface area contributed by atoms with Gasteiger partial charge in [0.15, 0.2) is 0 Å². The lowest BCUT2D eigenvalue weighted by Gasteiger charge is -2.14. The molecule has 1 rings (SSSR count). The molecule has 0 aromatic heterocycles. The largest absolute Gasteiger partial charge is 0.299 e. The van der Waals surface area contributed by atoms with Crippen LogP contribution in [0.1, 0.15) is 0 Å². The topological polar surface area (TPSA) is 112 Å². The fourth-order valence-electron chi connectivity index (χ4n) is 2.29. The predicted molar refractivity (Wildman–Crippen MR) is 66.4 cm³/mol. The minimum absolute atomic E-state index is 0.353. The van der Waals surface area contributed by atoms with E-state index in [0.717, 1.165) is 0 Å². The zero-order chi connectivity index (χ0) is 14.0. The molecule has 2 atom stereocenters. The highest BCUT2D eigenvalue weighted by molar-refractivity contribution is 7.86. The van der Waals surface area contributed by atoms with Crippen LogP contribution in [0.25, 0.3) is 0 Å². The standard InChI is InChI=1S/C9H17NO6S2/c1-2-3-10-4-8(6-17(11,12)13)9(5-10)7-18(14,15)16/h2,8-9H,1,3-7H2,(H,11,12,13)(H,14,15,16). The van der Waals surface area contributed by atoms with E-state index in [2.05, 4.69) is 6.58 Å². The molecule has 0 spiro atoms. The van der Waals surface area contributed by atoms with Crippen LogP contribution in [-0.2, 0) is 20.2 Å². The van der Waals surface area contributed by atoms with Crippen LogP contribution in [0, 0.1) is 11.8 Å². The lowest BCUT2D eigenvalue weighted by Crippen LogP contribution is -2.27. The normalized spacial score (nSPS) is 26.3. The molecule has 1 saturated heterocycles. The summed E-state index contributed by atoms with van der Waals surface area (Å²) in [6.07, 6.45) is 1.63. The van der Waals surface area contributed by atoms with E-state index in [1.165, 1.54) is 0 Å². The fourth-order valence-corrected chi connectivity index (χ4v) is 4.12. The third kappa shape index (κ3) is 5.44. The van der Waals surface area contributed by atoms with Gasteiger partial charge in [0, 0.05) is 19.6 Å². The van der Waals surface area contributed by atoms with Crippen LogP contribution in [0.3, 0.4) is 0 Å². The maximum absolute atomic E-state index is 10.9. The molecule has 0 saturated carbocycles. The summed E-state index contributed by atoms with van der Waals surface area (Å²) in [5.41, 5.74) is 0. The van der Waals surface area contributed by atoms with E-state index in [0.29, 0.717) is 19.6 Å². The quantitative estimate of drug-likeness (QED) is 0.502. The molecule has 18 heavy (non-hydrogen) atoms. The summed E-state index contributed by atoms with van der Waals surface area (Å²) in [4.78, 5) is 1.83. The lowest BCUT2D eigenvalue weighted by molar-refractivity contribution is 0.359. The SMILES string of the molecule is C=CCN1CC(CS(=O)(=O)O)C(CS(=O)(=O)O)C1. The van der Waals surface area contributed by atoms with Crippen LogP contribution in [0.15, 0.2) is 12.7 Å². The molecule has 0 aromatic rings. The molecule has 1 fully saturated rings. The second-order valence-corrected chi connectivity index (χ2v) is 7.52. The van der Waals surface area contributed by atoms with E-state index in [-0.39, 0.29) is 0 Å². The Kier molecular flexibility index (Phi) is 4.90. The average Bonchev–Trinajstić information content (AvgIpc) is 2.42. The van der Waals surface area contributed by atoms with E-state index in [9.17, 15) is 16.8 Å². The molecule has 1 aliphatic heterocycles. The molecule has 1 heterocycles. The second kappa shape index (κ2) is 5.66. The highest BCUT2D eigenvalue weighted by atomic mass is 32.2. The van der Waals surface area contributed by atoms with Crippen molar-refractivity contribution in [2.45, 2.75) is 0 Å². The smallest absolute Gasteiger partial charge is 0.265 e. The van der Waals surface area contributed by atoms with E-state index < -0.39 is 43.6 Å². The molecule has 0 bridgehead atoms. The highest BCUT2D eigenvalue weighted by Crippen LogP contribution is 2.25. The third-order valence-electron chi connectivity index (χ3n) is 2.89. The molecule has 7 nitrogen and oxygen atoms in total. The summed E-state index contributed by atoms with van der Waals surface area (Å²) in [7, 11) is -8.33. The van der Waals surface area contributed by atoms with Gasteiger partial charge in [-0.2, -0.15) is 16.8 Å². The van der Waals surface area contributed by atoms with Gasteiger partial charge in [-0.15, -0.1) is 6.58 Å². The Bertz CT molecular complexity index is 455. The molecule has 0 aliphatic carbocycles. The third-order valence-corrected chi connectivity index (χ3v) is 4.59. The first-order chi connectivity index (χ1) is 8.11. The van der Waals surface area contributed by atoms with Crippen LogP contribution >= 0.6 is 0 Å². The summed E-state index contributed by atoms with van der Waals surface area (Å²) in [6.45, 7) is 4.76. The Morgan fingerprint density at radius 2 is 1.44 bits per heavy atom. The summed E-state index contributed by atoms with van der Waals surface area (Å²) >= 11 is 0. The van der Waals surface area contributed by atoms with E-state index >= 15 is 0 Å². The number of likely N-dealkylation sites (tertiary alicyclic amines) is 1. The molecule has 106 valence electrons. The number of nitrogens with zero attached hydrogens (tertiary/aromatic N) is 1. The van der Waals surface area contributed by atoms with Crippen molar-refractivity contribution >= 4 is 20.2 Å². The van der Waals surface area contributed by atoms with Gasteiger partial charge in [0.1, 0.15) is 0 Å². The van der Waals surface area contributed by atoms with E-state index in [4.69, 9.17) is 9.11 Å². The van der Waals surface area contributed by atoms with Crippen molar-refractivity contribution < 1.29 is 25.9 Å². The van der Waals surface area contributed by atoms with E-state index in [1.807, 2.05) is 4.90 Å². The number of rotatable bonds is 6. The van der Waals surface area contributed by atoms with Gasteiger partial charge in [-0.25, -0.2) is 0 Å². The van der Waals surface area contributed by atoms with Crippen LogP contribution in [0.2, 0.25) is 0 Å². The van der Waals surface area contributed by atoms with Crippen LogP contribution in [-0.4, -0.2) is 62.0 Å². The van der Waals surface area contributed by atoms with Crippen molar-refractivity contribution in [3.63, 3.8) is 0 Å². The molecule has 2 unspecified atom stereocenters. The monoisotopic (exact) mass is 299 g/mol. The Morgan fingerprint density at radius 3 is 1.72 bits per heavy atom. The molecule has 0 radical (unpaired) electrons. The van der Waals surface area contributed by atoms with Crippen LogP contribution in [0.4, 0.5) is 0 Å². The van der Waals surface area contributed by atoms with Crippen molar-refractivity contribution in [3.05, 3.63) is 12.7 Å². The molecule has 9 heteroatoms. The molecule has 1 aliphatic rings. The maximum Gasteiger partial charge on any atom is 0.265 e. The number of hydrogen-bond donors (Lipinski definition) is 2. The van der Waals surface area contributed by atoms with Crippen LogP contribution < -0.4 is 0 Å². The first-order valence-electron chi connectivity index (χ1n) is 5.34. The first-order valence-corrected chi connectivity index (χ1v) is 8.56. The summed E-state index contributed by atoms with van der Waals surface area (Å²) < 4.78 is 61.1. The van der Waals surface area contributed by atoms with Crippen molar-refractivity contribution in [3.8, 4) is 0 Å². The second-order valence-electron chi connectivity index (χ2n) is 4.52. The Hall–Kier alpha value is -0.480. The Labute approximate surface area is 107 Å². The summed E-state index contributed by atoms with van der Waals surface area (Å²) in [6, 6.07) is 0. The highest BCUT2D eigenvalue weighted by Gasteiger charge is 2.37. The molecular formula is C9H17NO6S2. The van der Waals surface area contributed by atoms with Gasteiger partial charge in [0.2, 0.25) is 0 Å². The fraction of sp³-hybridized carbons (Fsp3) is 0.778.